The number of benzene rings is 1. The Morgan fingerprint density at radius 1 is 0.960 bits per heavy atom. The van der Waals surface area contributed by atoms with Crippen LogP contribution in [0.4, 0.5) is 0 Å². The third-order valence-electron chi connectivity index (χ3n) is 4.76. The van der Waals surface area contributed by atoms with Gasteiger partial charge in [0.05, 0.1) is 18.3 Å². The minimum absolute atomic E-state index is 0.156. The van der Waals surface area contributed by atoms with Gasteiger partial charge in [0.2, 0.25) is 0 Å². The van der Waals surface area contributed by atoms with Crippen molar-refractivity contribution in [2.45, 2.75) is 96.9 Å². The molecule has 144 valence electrons. The summed E-state index contributed by atoms with van der Waals surface area (Å²) in [7, 11) is 0. The number of unbranched alkanes of at least 4 members (excludes halogenated alkanes) is 5. The zero-order valence-corrected chi connectivity index (χ0v) is 16.5. The first-order valence-corrected chi connectivity index (χ1v) is 10.1. The third kappa shape index (κ3) is 9.98. The lowest BCUT2D eigenvalue weighted by Crippen LogP contribution is -2.41. The van der Waals surface area contributed by atoms with Gasteiger partial charge in [0.15, 0.2) is 0 Å². The van der Waals surface area contributed by atoms with Crippen molar-refractivity contribution in [2.24, 2.45) is 0 Å². The summed E-state index contributed by atoms with van der Waals surface area (Å²) in [5.74, 6) is 0. The Kier molecular flexibility index (Phi) is 11.8. The zero-order chi connectivity index (χ0) is 18.4. The van der Waals surface area contributed by atoms with E-state index in [2.05, 4.69) is 13.8 Å². The molecule has 0 bridgehead atoms. The van der Waals surface area contributed by atoms with Gasteiger partial charge in [0, 0.05) is 0 Å². The second-order valence-corrected chi connectivity index (χ2v) is 7.27. The molecule has 1 N–H and O–H groups in total. The van der Waals surface area contributed by atoms with Crippen molar-refractivity contribution in [3.8, 4) is 0 Å². The molecule has 0 aliphatic carbocycles. The van der Waals surface area contributed by atoms with Crippen LogP contribution in [0, 0.1) is 0 Å². The average Bonchev–Trinajstić information content (AvgIpc) is 2.62. The van der Waals surface area contributed by atoms with Crippen molar-refractivity contribution in [2.75, 3.05) is 6.79 Å². The van der Waals surface area contributed by atoms with Gasteiger partial charge in [-0.3, -0.25) is 0 Å². The largest absolute Gasteiger partial charge is 0.387 e. The molecule has 0 spiro atoms. The standard InChI is InChI=1S/C22H38O3/c1-4-6-8-9-13-16-21(22(3,23)17-7-5-2)25-19-24-18-20-14-11-10-12-15-20/h10-12,14-15,21,23H,4-9,13,16-19H2,1-3H3/t21-,22+/m1/s1. The van der Waals surface area contributed by atoms with E-state index in [9.17, 15) is 5.11 Å². The second kappa shape index (κ2) is 13.3. The van der Waals surface area contributed by atoms with Crippen LogP contribution >= 0.6 is 0 Å². The highest BCUT2D eigenvalue weighted by molar-refractivity contribution is 5.13. The first-order valence-electron chi connectivity index (χ1n) is 10.1. The van der Waals surface area contributed by atoms with E-state index in [-0.39, 0.29) is 12.9 Å². The van der Waals surface area contributed by atoms with Gasteiger partial charge in [-0.05, 0) is 25.3 Å². The fourth-order valence-electron chi connectivity index (χ4n) is 3.07. The number of aliphatic hydroxyl groups is 1. The summed E-state index contributed by atoms with van der Waals surface area (Å²) in [5, 5.41) is 10.8. The summed E-state index contributed by atoms with van der Waals surface area (Å²) in [6, 6.07) is 10.1. The van der Waals surface area contributed by atoms with Crippen LogP contribution in [0.3, 0.4) is 0 Å². The highest BCUT2D eigenvalue weighted by atomic mass is 16.7. The molecule has 0 heterocycles. The lowest BCUT2D eigenvalue weighted by molar-refractivity contribution is -0.165. The Morgan fingerprint density at radius 2 is 1.64 bits per heavy atom. The van der Waals surface area contributed by atoms with E-state index >= 15 is 0 Å². The second-order valence-electron chi connectivity index (χ2n) is 7.27. The molecule has 2 atom stereocenters. The summed E-state index contributed by atoms with van der Waals surface area (Å²) in [5.41, 5.74) is 0.358. The van der Waals surface area contributed by atoms with Crippen LogP contribution in [0.25, 0.3) is 0 Å². The monoisotopic (exact) mass is 350 g/mol. The summed E-state index contributed by atoms with van der Waals surface area (Å²) < 4.78 is 11.6. The molecule has 0 amide bonds. The number of hydrogen-bond acceptors (Lipinski definition) is 3. The van der Waals surface area contributed by atoms with Crippen LogP contribution in [0.1, 0.15) is 84.1 Å². The lowest BCUT2D eigenvalue weighted by atomic mass is 9.89. The van der Waals surface area contributed by atoms with E-state index in [1.165, 1.54) is 25.7 Å². The topological polar surface area (TPSA) is 38.7 Å². The fraction of sp³-hybridized carbons (Fsp3) is 0.727. The van der Waals surface area contributed by atoms with Crippen molar-refractivity contribution in [3.05, 3.63) is 35.9 Å². The van der Waals surface area contributed by atoms with Gasteiger partial charge in [0.25, 0.3) is 0 Å². The number of ether oxygens (including phenoxy) is 2. The van der Waals surface area contributed by atoms with Crippen LogP contribution < -0.4 is 0 Å². The van der Waals surface area contributed by atoms with Gasteiger partial charge in [-0.2, -0.15) is 0 Å². The Bertz CT molecular complexity index is 417. The van der Waals surface area contributed by atoms with E-state index in [1.807, 2.05) is 37.3 Å². The zero-order valence-electron chi connectivity index (χ0n) is 16.5. The minimum Gasteiger partial charge on any atom is -0.387 e. The Balaban J connectivity index is 2.40. The van der Waals surface area contributed by atoms with Gasteiger partial charge < -0.3 is 14.6 Å². The summed E-state index contributed by atoms with van der Waals surface area (Å²) in [6.45, 7) is 7.07. The van der Waals surface area contributed by atoms with Crippen LogP contribution in [-0.4, -0.2) is 23.6 Å². The van der Waals surface area contributed by atoms with Crippen LogP contribution in [-0.2, 0) is 16.1 Å². The van der Waals surface area contributed by atoms with Crippen molar-refractivity contribution < 1.29 is 14.6 Å². The van der Waals surface area contributed by atoms with E-state index in [0.29, 0.717) is 6.61 Å². The average molecular weight is 351 g/mol. The van der Waals surface area contributed by atoms with E-state index in [1.54, 1.807) is 0 Å². The molecule has 0 fully saturated rings. The molecule has 1 rings (SSSR count). The van der Waals surface area contributed by atoms with Crippen LogP contribution in [0.15, 0.2) is 30.3 Å². The quantitative estimate of drug-likeness (QED) is 0.319. The lowest BCUT2D eigenvalue weighted by Gasteiger charge is -2.33. The molecule has 3 nitrogen and oxygen atoms in total. The van der Waals surface area contributed by atoms with Crippen molar-refractivity contribution in [1.29, 1.82) is 0 Å². The Hall–Kier alpha value is -0.900. The highest BCUT2D eigenvalue weighted by Crippen LogP contribution is 2.25. The molecule has 0 unspecified atom stereocenters. The predicted octanol–water partition coefficient (Wildman–Crippen LogP) is 5.85. The SMILES string of the molecule is CCCCCCC[C@@H](OCOCc1ccccc1)[C@@](C)(O)CCCC. The van der Waals surface area contributed by atoms with Crippen molar-refractivity contribution >= 4 is 0 Å². The maximum atomic E-state index is 10.8. The first kappa shape index (κ1) is 22.1. The molecule has 0 saturated heterocycles. The van der Waals surface area contributed by atoms with Gasteiger partial charge in [-0.15, -0.1) is 0 Å². The first-order chi connectivity index (χ1) is 12.1. The molecular weight excluding hydrogens is 312 g/mol. The van der Waals surface area contributed by atoms with Gasteiger partial charge >= 0.3 is 0 Å². The molecule has 0 aliphatic heterocycles. The van der Waals surface area contributed by atoms with Crippen LogP contribution in [0.5, 0.6) is 0 Å². The van der Waals surface area contributed by atoms with Crippen LogP contribution in [0.2, 0.25) is 0 Å². The van der Waals surface area contributed by atoms with Gasteiger partial charge in [0.1, 0.15) is 6.79 Å². The van der Waals surface area contributed by atoms with Gasteiger partial charge in [-0.1, -0.05) is 89.1 Å². The summed E-state index contributed by atoms with van der Waals surface area (Å²) in [6.07, 6.45) is 9.75. The molecule has 25 heavy (non-hydrogen) atoms. The van der Waals surface area contributed by atoms with Crippen molar-refractivity contribution in [1.82, 2.24) is 0 Å². The van der Waals surface area contributed by atoms with E-state index in [4.69, 9.17) is 9.47 Å². The highest BCUT2D eigenvalue weighted by Gasteiger charge is 2.31. The molecule has 1 aromatic rings. The molecule has 0 saturated carbocycles. The number of rotatable bonds is 15. The summed E-state index contributed by atoms with van der Waals surface area (Å²) >= 11 is 0. The molecular formula is C22H38O3. The maximum absolute atomic E-state index is 10.8. The minimum atomic E-state index is -0.781. The van der Waals surface area contributed by atoms with Crippen molar-refractivity contribution in [3.63, 3.8) is 0 Å². The Morgan fingerprint density at radius 3 is 2.32 bits per heavy atom. The molecule has 1 aromatic carbocycles. The fourth-order valence-corrected chi connectivity index (χ4v) is 3.07. The summed E-state index contributed by atoms with van der Waals surface area (Å²) in [4.78, 5) is 0. The normalized spacial score (nSPS) is 15.0. The third-order valence-corrected chi connectivity index (χ3v) is 4.76. The van der Waals surface area contributed by atoms with E-state index < -0.39 is 5.60 Å². The smallest absolute Gasteiger partial charge is 0.147 e. The predicted molar refractivity (Wildman–Crippen MR) is 104 cm³/mol. The number of hydrogen-bond donors (Lipinski definition) is 1. The van der Waals surface area contributed by atoms with E-state index in [0.717, 1.165) is 37.7 Å². The van der Waals surface area contributed by atoms with Gasteiger partial charge in [-0.25, -0.2) is 0 Å². The molecule has 0 radical (unpaired) electrons. The molecule has 0 aliphatic rings. The maximum Gasteiger partial charge on any atom is 0.147 e. The molecule has 3 heteroatoms. The Labute approximate surface area is 154 Å². The molecule has 0 aromatic heterocycles.